The van der Waals surface area contributed by atoms with Gasteiger partial charge < -0.3 is 10.8 Å². The van der Waals surface area contributed by atoms with Gasteiger partial charge in [0.1, 0.15) is 11.9 Å². The molecule has 1 atom stereocenters. The van der Waals surface area contributed by atoms with Gasteiger partial charge in [-0.15, -0.1) is 0 Å². The van der Waals surface area contributed by atoms with E-state index in [1.165, 1.54) is 6.20 Å². The Morgan fingerprint density at radius 2 is 2.27 bits per heavy atom. The molecule has 1 aromatic heterocycles. The van der Waals surface area contributed by atoms with Crippen molar-refractivity contribution >= 4 is 17.4 Å². The highest BCUT2D eigenvalue weighted by Gasteiger charge is 2.14. The highest BCUT2D eigenvalue weighted by molar-refractivity contribution is 6.30. The number of nitrogens with zero attached hydrogens (tertiary/aromatic N) is 1. The molecule has 2 aromatic rings. The van der Waals surface area contributed by atoms with Crippen LogP contribution < -0.4 is 5.73 Å². The predicted molar refractivity (Wildman–Crippen MR) is 58.5 cm³/mol. The molecule has 0 radical (unpaired) electrons. The van der Waals surface area contributed by atoms with Crippen molar-refractivity contribution in [1.29, 1.82) is 0 Å². The van der Waals surface area contributed by atoms with Gasteiger partial charge in [-0.25, -0.2) is 0 Å². The molecular formula is C10H10ClN3O. The van der Waals surface area contributed by atoms with Gasteiger partial charge in [0.05, 0.1) is 6.20 Å². The Morgan fingerprint density at radius 1 is 1.47 bits per heavy atom. The van der Waals surface area contributed by atoms with Crippen LogP contribution in [0.15, 0.2) is 30.5 Å². The van der Waals surface area contributed by atoms with Crippen molar-refractivity contribution in [2.45, 2.75) is 6.10 Å². The molecule has 0 saturated carbocycles. The smallest absolute Gasteiger partial charge is 0.125 e. The minimum Gasteiger partial charge on any atom is -0.384 e. The number of nitrogen functional groups attached to an aromatic ring is 1. The maximum atomic E-state index is 9.99. The number of benzene rings is 1. The molecule has 4 N–H and O–H groups in total. The number of rotatable bonds is 2. The monoisotopic (exact) mass is 223 g/mol. The average Bonchev–Trinajstić information content (AvgIpc) is 2.63. The molecule has 5 heteroatoms. The number of hydrogen-bond donors (Lipinski definition) is 3. The summed E-state index contributed by atoms with van der Waals surface area (Å²) in [6.45, 7) is 0. The minimum absolute atomic E-state index is 0.363. The molecule has 0 saturated heterocycles. The Morgan fingerprint density at radius 3 is 2.87 bits per heavy atom. The summed E-state index contributed by atoms with van der Waals surface area (Å²) in [5, 5.41) is 16.9. The average molecular weight is 224 g/mol. The predicted octanol–water partition coefficient (Wildman–Crippen LogP) is 1.73. The molecule has 0 aliphatic carbocycles. The van der Waals surface area contributed by atoms with Gasteiger partial charge in [0.15, 0.2) is 0 Å². The first kappa shape index (κ1) is 10.0. The van der Waals surface area contributed by atoms with Crippen LogP contribution in [-0.2, 0) is 0 Å². The molecule has 2 rings (SSSR count). The van der Waals surface area contributed by atoms with Crippen LogP contribution in [0.25, 0.3) is 0 Å². The van der Waals surface area contributed by atoms with Crippen LogP contribution in [0.1, 0.15) is 17.2 Å². The highest BCUT2D eigenvalue weighted by Crippen LogP contribution is 2.26. The third-order valence-electron chi connectivity index (χ3n) is 2.16. The van der Waals surface area contributed by atoms with E-state index >= 15 is 0 Å². The Labute approximate surface area is 91.7 Å². The topological polar surface area (TPSA) is 74.9 Å². The lowest BCUT2D eigenvalue weighted by atomic mass is 10.0. The van der Waals surface area contributed by atoms with Gasteiger partial charge in [-0.05, 0) is 17.7 Å². The Balaban J connectivity index is 2.36. The zero-order chi connectivity index (χ0) is 10.8. The number of anilines is 1. The van der Waals surface area contributed by atoms with Crippen molar-refractivity contribution in [2.75, 3.05) is 5.73 Å². The molecule has 0 amide bonds. The number of aliphatic hydroxyl groups excluding tert-OH is 1. The van der Waals surface area contributed by atoms with E-state index < -0.39 is 6.10 Å². The van der Waals surface area contributed by atoms with Gasteiger partial charge in [0, 0.05) is 10.6 Å². The number of nitrogens with two attached hydrogens (primary N) is 1. The van der Waals surface area contributed by atoms with Gasteiger partial charge in [0.25, 0.3) is 0 Å². The van der Waals surface area contributed by atoms with E-state index in [0.717, 1.165) is 0 Å². The fourth-order valence-corrected chi connectivity index (χ4v) is 1.58. The molecule has 0 fully saturated rings. The fraction of sp³-hybridized carbons (Fsp3) is 0.100. The molecule has 1 unspecified atom stereocenters. The number of nitrogens with one attached hydrogen (secondary N) is 1. The minimum atomic E-state index is -0.803. The van der Waals surface area contributed by atoms with Crippen LogP contribution >= 0.6 is 11.6 Å². The number of aliphatic hydroxyl groups is 1. The zero-order valence-corrected chi connectivity index (χ0v) is 8.57. The van der Waals surface area contributed by atoms with E-state index in [4.69, 9.17) is 17.3 Å². The molecule has 1 aromatic carbocycles. The summed E-state index contributed by atoms with van der Waals surface area (Å²) >= 11 is 5.82. The number of halogens is 1. The summed E-state index contributed by atoms with van der Waals surface area (Å²) in [5.41, 5.74) is 6.85. The molecule has 4 nitrogen and oxygen atoms in total. The molecule has 15 heavy (non-hydrogen) atoms. The van der Waals surface area contributed by atoms with Gasteiger partial charge >= 0.3 is 0 Å². The standard InChI is InChI=1S/C10H10ClN3O/c11-7-3-1-2-6(4-7)9(15)8-5-13-14-10(8)12/h1-5,9,15H,(H3,12,13,14). The second-order valence-corrected chi connectivity index (χ2v) is 3.63. The van der Waals surface area contributed by atoms with Gasteiger partial charge in [0.2, 0.25) is 0 Å². The van der Waals surface area contributed by atoms with Gasteiger partial charge in [-0.2, -0.15) is 5.10 Å². The van der Waals surface area contributed by atoms with Crippen LogP contribution in [0, 0.1) is 0 Å². The molecule has 0 spiro atoms. The largest absolute Gasteiger partial charge is 0.384 e. The van der Waals surface area contributed by atoms with E-state index in [1.807, 2.05) is 0 Å². The van der Waals surface area contributed by atoms with Crippen molar-refractivity contribution in [3.63, 3.8) is 0 Å². The second kappa shape index (κ2) is 3.92. The molecule has 78 valence electrons. The third kappa shape index (κ3) is 1.95. The van der Waals surface area contributed by atoms with Gasteiger partial charge in [-0.3, -0.25) is 5.10 Å². The Kier molecular flexibility index (Phi) is 2.62. The van der Waals surface area contributed by atoms with Crippen molar-refractivity contribution in [1.82, 2.24) is 10.2 Å². The highest BCUT2D eigenvalue weighted by atomic mass is 35.5. The number of aromatic nitrogens is 2. The summed E-state index contributed by atoms with van der Waals surface area (Å²) in [5.74, 6) is 0.363. The van der Waals surface area contributed by atoms with Crippen LogP contribution in [-0.4, -0.2) is 15.3 Å². The lowest BCUT2D eigenvalue weighted by Crippen LogP contribution is -2.01. The molecule has 0 bridgehead atoms. The molecule has 0 aliphatic rings. The SMILES string of the molecule is Nc1[nH]ncc1C(O)c1cccc(Cl)c1. The van der Waals surface area contributed by atoms with Crippen LogP contribution in [0.5, 0.6) is 0 Å². The summed E-state index contributed by atoms with van der Waals surface area (Å²) in [6.07, 6.45) is 0.698. The Hall–Kier alpha value is -1.52. The van der Waals surface area contributed by atoms with Crippen molar-refractivity contribution in [3.8, 4) is 0 Å². The van der Waals surface area contributed by atoms with Crippen molar-refractivity contribution in [2.24, 2.45) is 0 Å². The summed E-state index contributed by atoms with van der Waals surface area (Å²) in [6, 6.07) is 7.00. The fourth-order valence-electron chi connectivity index (χ4n) is 1.38. The second-order valence-electron chi connectivity index (χ2n) is 3.20. The number of H-pyrrole nitrogens is 1. The maximum Gasteiger partial charge on any atom is 0.125 e. The maximum absolute atomic E-state index is 9.99. The number of aromatic amines is 1. The van der Waals surface area contributed by atoms with Crippen LogP contribution in [0.4, 0.5) is 5.82 Å². The lowest BCUT2D eigenvalue weighted by Gasteiger charge is -2.09. The lowest BCUT2D eigenvalue weighted by molar-refractivity contribution is 0.221. The first-order chi connectivity index (χ1) is 7.18. The zero-order valence-electron chi connectivity index (χ0n) is 7.81. The van der Waals surface area contributed by atoms with Crippen LogP contribution in [0.3, 0.4) is 0 Å². The van der Waals surface area contributed by atoms with E-state index in [-0.39, 0.29) is 0 Å². The van der Waals surface area contributed by atoms with E-state index in [9.17, 15) is 5.11 Å². The molecule has 0 aliphatic heterocycles. The van der Waals surface area contributed by atoms with E-state index in [0.29, 0.717) is 22.0 Å². The normalized spacial score (nSPS) is 12.7. The van der Waals surface area contributed by atoms with Gasteiger partial charge in [-0.1, -0.05) is 23.7 Å². The van der Waals surface area contributed by atoms with E-state index in [1.54, 1.807) is 24.3 Å². The Bertz CT molecular complexity index is 469. The summed E-state index contributed by atoms with van der Waals surface area (Å²) in [4.78, 5) is 0. The number of hydrogen-bond acceptors (Lipinski definition) is 3. The summed E-state index contributed by atoms with van der Waals surface area (Å²) < 4.78 is 0. The van der Waals surface area contributed by atoms with Crippen LogP contribution in [0.2, 0.25) is 5.02 Å². The molecular weight excluding hydrogens is 214 g/mol. The summed E-state index contributed by atoms with van der Waals surface area (Å²) in [7, 11) is 0. The van der Waals surface area contributed by atoms with E-state index in [2.05, 4.69) is 10.2 Å². The first-order valence-corrected chi connectivity index (χ1v) is 4.78. The van der Waals surface area contributed by atoms with Crippen molar-refractivity contribution in [3.05, 3.63) is 46.6 Å². The third-order valence-corrected chi connectivity index (χ3v) is 2.39. The molecule has 1 heterocycles. The first-order valence-electron chi connectivity index (χ1n) is 4.41. The van der Waals surface area contributed by atoms with Crippen molar-refractivity contribution < 1.29 is 5.11 Å². The quantitative estimate of drug-likeness (QED) is 0.726.